The molecule has 2 N–H and O–H groups in total. The summed E-state index contributed by atoms with van der Waals surface area (Å²) in [6, 6.07) is 5.21. The lowest BCUT2D eigenvalue weighted by Gasteiger charge is -2.26. The molecule has 0 fully saturated rings. The van der Waals surface area contributed by atoms with Crippen LogP contribution in [0.4, 0.5) is 5.69 Å². The lowest BCUT2D eigenvalue weighted by molar-refractivity contribution is 0.101. The average molecular weight is 339 g/mol. The van der Waals surface area contributed by atoms with Crippen LogP contribution in [0, 0.1) is 0 Å². The fraction of sp³-hybridized carbons (Fsp3) is 0.333. The second kappa shape index (κ2) is 6.28. The van der Waals surface area contributed by atoms with Crippen LogP contribution in [0.25, 0.3) is 0 Å². The summed E-state index contributed by atoms with van der Waals surface area (Å²) >= 11 is 12.0. The first-order valence-electron chi connectivity index (χ1n) is 7.13. The predicted molar refractivity (Wildman–Crippen MR) is 87.7 cm³/mol. The number of nitrogens with zero attached hydrogens (tertiary/aromatic N) is 2. The van der Waals surface area contributed by atoms with E-state index in [0.717, 1.165) is 18.8 Å². The van der Waals surface area contributed by atoms with Gasteiger partial charge in [0.05, 0.1) is 23.5 Å². The van der Waals surface area contributed by atoms with Crippen molar-refractivity contribution >= 4 is 34.8 Å². The monoisotopic (exact) mass is 338 g/mol. The van der Waals surface area contributed by atoms with Gasteiger partial charge < -0.3 is 15.2 Å². The molecule has 1 aromatic carbocycles. The average Bonchev–Trinajstić information content (AvgIpc) is 2.94. The van der Waals surface area contributed by atoms with Gasteiger partial charge in [0.1, 0.15) is 11.5 Å². The summed E-state index contributed by atoms with van der Waals surface area (Å²) < 4.78 is 2.01. The molecule has 0 spiro atoms. The highest BCUT2D eigenvalue weighted by Crippen LogP contribution is 2.27. The number of benzene rings is 1. The SMILES string of the molecule is CC[C@H]1CNCc2ncc(C(=O)Nc3ccc(Cl)cc3Cl)n21. The highest BCUT2D eigenvalue weighted by molar-refractivity contribution is 6.36. The fourth-order valence-corrected chi connectivity index (χ4v) is 3.11. The summed E-state index contributed by atoms with van der Waals surface area (Å²) in [6.07, 6.45) is 2.54. The Morgan fingerprint density at radius 3 is 3.05 bits per heavy atom. The number of amides is 1. The quantitative estimate of drug-likeness (QED) is 0.900. The summed E-state index contributed by atoms with van der Waals surface area (Å²) in [5, 5.41) is 7.07. The molecule has 1 aromatic heterocycles. The Morgan fingerprint density at radius 1 is 1.50 bits per heavy atom. The topological polar surface area (TPSA) is 59.0 Å². The molecule has 2 aromatic rings. The van der Waals surface area contributed by atoms with Gasteiger partial charge in [-0.15, -0.1) is 0 Å². The number of carbonyl (C=O) groups excluding carboxylic acids is 1. The maximum absolute atomic E-state index is 12.6. The van der Waals surface area contributed by atoms with Crippen LogP contribution in [0.15, 0.2) is 24.4 Å². The van der Waals surface area contributed by atoms with Crippen molar-refractivity contribution in [2.75, 3.05) is 11.9 Å². The molecule has 2 heterocycles. The molecule has 0 unspecified atom stereocenters. The van der Waals surface area contributed by atoms with Gasteiger partial charge in [-0.05, 0) is 24.6 Å². The molecule has 116 valence electrons. The smallest absolute Gasteiger partial charge is 0.273 e. The highest BCUT2D eigenvalue weighted by atomic mass is 35.5. The standard InChI is InChI=1S/C15H16Cl2N4O/c1-2-10-6-18-8-14-19-7-13(21(10)14)15(22)20-12-4-3-9(16)5-11(12)17/h3-5,7,10,18H,2,6,8H2,1H3,(H,20,22)/t10-/m0/s1. The van der Waals surface area contributed by atoms with Crippen molar-refractivity contribution < 1.29 is 4.79 Å². The molecule has 1 atom stereocenters. The van der Waals surface area contributed by atoms with Crippen molar-refractivity contribution in [3.63, 3.8) is 0 Å². The van der Waals surface area contributed by atoms with E-state index >= 15 is 0 Å². The lowest BCUT2D eigenvalue weighted by Crippen LogP contribution is -2.35. The largest absolute Gasteiger partial charge is 0.319 e. The van der Waals surface area contributed by atoms with Crippen LogP contribution >= 0.6 is 23.2 Å². The Kier molecular flexibility index (Phi) is 4.38. The van der Waals surface area contributed by atoms with Gasteiger partial charge >= 0.3 is 0 Å². The molecular weight excluding hydrogens is 323 g/mol. The summed E-state index contributed by atoms with van der Waals surface area (Å²) in [5.41, 5.74) is 1.09. The third-order valence-corrected chi connectivity index (χ3v) is 4.33. The molecule has 1 aliphatic rings. The zero-order valence-electron chi connectivity index (χ0n) is 12.1. The number of hydrogen-bond donors (Lipinski definition) is 2. The van der Waals surface area contributed by atoms with Gasteiger partial charge in [-0.2, -0.15) is 0 Å². The number of nitrogens with one attached hydrogen (secondary N) is 2. The Morgan fingerprint density at radius 2 is 2.32 bits per heavy atom. The first kappa shape index (κ1) is 15.3. The van der Waals surface area contributed by atoms with Crippen LogP contribution in [0.2, 0.25) is 10.0 Å². The van der Waals surface area contributed by atoms with E-state index in [0.29, 0.717) is 28.0 Å². The molecule has 0 saturated carbocycles. The van der Waals surface area contributed by atoms with E-state index in [1.165, 1.54) is 0 Å². The fourth-order valence-electron chi connectivity index (χ4n) is 2.65. The Labute approximate surface area is 138 Å². The lowest BCUT2D eigenvalue weighted by atomic mass is 10.1. The van der Waals surface area contributed by atoms with E-state index in [1.54, 1.807) is 24.4 Å². The molecule has 22 heavy (non-hydrogen) atoms. The number of aromatic nitrogens is 2. The number of anilines is 1. The van der Waals surface area contributed by atoms with Crippen LogP contribution in [-0.4, -0.2) is 22.0 Å². The number of halogens is 2. The second-order valence-electron chi connectivity index (χ2n) is 5.20. The van der Waals surface area contributed by atoms with E-state index in [2.05, 4.69) is 22.5 Å². The molecule has 0 radical (unpaired) electrons. The normalized spacial score (nSPS) is 17.1. The zero-order valence-corrected chi connectivity index (χ0v) is 13.6. The zero-order chi connectivity index (χ0) is 15.7. The summed E-state index contributed by atoms with van der Waals surface area (Å²) in [4.78, 5) is 16.9. The molecular formula is C15H16Cl2N4O. The molecule has 1 aliphatic heterocycles. The minimum absolute atomic E-state index is 0.219. The molecule has 0 aliphatic carbocycles. The van der Waals surface area contributed by atoms with Gasteiger partial charge in [0.15, 0.2) is 0 Å². The maximum atomic E-state index is 12.6. The van der Waals surface area contributed by atoms with Gasteiger partial charge in [-0.3, -0.25) is 4.79 Å². The van der Waals surface area contributed by atoms with Gasteiger partial charge in [0.25, 0.3) is 5.91 Å². The summed E-state index contributed by atoms with van der Waals surface area (Å²) in [5.74, 6) is 0.661. The predicted octanol–water partition coefficient (Wildman–Crippen LogP) is 3.50. The third kappa shape index (κ3) is 2.84. The summed E-state index contributed by atoms with van der Waals surface area (Å²) in [6.45, 7) is 3.60. The van der Waals surface area contributed by atoms with Gasteiger partial charge in [-0.25, -0.2) is 4.98 Å². The molecule has 7 heteroatoms. The van der Waals surface area contributed by atoms with Crippen molar-refractivity contribution in [1.82, 2.24) is 14.9 Å². The number of fused-ring (bicyclic) bond motifs is 1. The Hall–Kier alpha value is -1.56. The van der Waals surface area contributed by atoms with E-state index < -0.39 is 0 Å². The molecule has 1 amide bonds. The minimum atomic E-state index is -0.219. The highest BCUT2D eigenvalue weighted by Gasteiger charge is 2.25. The van der Waals surface area contributed by atoms with E-state index in [1.807, 2.05) is 4.57 Å². The van der Waals surface area contributed by atoms with E-state index in [4.69, 9.17) is 23.2 Å². The molecule has 0 saturated heterocycles. The molecule has 5 nitrogen and oxygen atoms in total. The van der Waals surface area contributed by atoms with Gasteiger partial charge in [0, 0.05) is 17.6 Å². The van der Waals surface area contributed by atoms with Crippen molar-refractivity contribution in [2.45, 2.75) is 25.9 Å². The minimum Gasteiger partial charge on any atom is -0.319 e. The third-order valence-electron chi connectivity index (χ3n) is 3.78. The number of imidazole rings is 1. The second-order valence-corrected chi connectivity index (χ2v) is 6.04. The van der Waals surface area contributed by atoms with Crippen LogP contribution < -0.4 is 10.6 Å². The van der Waals surface area contributed by atoms with Crippen molar-refractivity contribution in [3.8, 4) is 0 Å². The van der Waals surface area contributed by atoms with Crippen LogP contribution in [-0.2, 0) is 6.54 Å². The number of carbonyl (C=O) groups is 1. The molecule has 0 bridgehead atoms. The van der Waals surface area contributed by atoms with Crippen molar-refractivity contribution in [2.24, 2.45) is 0 Å². The van der Waals surface area contributed by atoms with E-state index in [-0.39, 0.29) is 11.9 Å². The van der Waals surface area contributed by atoms with Crippen molar-refractivity contribution in [3.05, 3.63) is 46.0 Å². The van der Waals surface area contributed by atoms with Gasteiger partial charge in [0.2, 0.25) is 0 Å². The maximum Gasteiger partial charge on any atom is 0.273 e. The van der Waals surface area contributed by atoms with Crippen LogP contribution in [0.5, 0.6) is 0 Å². The van der Waals surface area contributed by atoms with E-state index in [9.17, 15) is 4.79 Å². The first-order valence-corrected chi connectivity index (χ1v) is 7.89. The van der Waals surface area contributed by atoms with Crippen LogP contribution in [0.3, 0.4) is 0 Å². The first-order chi connectivity index (χ1) is 10.6. The number of rotatable bonds is 3. The van der Waals surface area contributed by atoms with Gasteiger partial charge in [-0.1, -0.05) is 30.1 Å². The number of hydrogen-bond acceptors (Lipinski definition) is 3. The Balaban J connectivity index is 1.88. The molecule has 3 rings (SSSR count). The van der Waals surface area contributed by atoms with Crippen molar-refractivity contribution in [1.29, 1.82) is 0 Å². The Bertz CT molecular complexity index is 714. The summed E-state index contributed by atoms with van der Waals surface area (Å²) in [7, 11) is 0. The van der Waals surface area contributed by atoms with Crippen LogP contribution in [0.1, 0.15) is 35.7 Å².